The van der Waals surface area contributed by atoms with Crippen molar-refractivity contribution in [3.05, 3.63) is 59.5 Å². The first-order valence-electron chi connectivity index (χ1n) is 8.74. The Hall–Kier alpha value is -3.15. The number of hydrogen-bond acceptors (Lipinski definition) is 3. The van der Waals surface area contributed by atoms with Crippen LogP contribution in [0.4, 0.5) is 11.4 Å². The van der Waals surface area contributed by atoms with Crippen molar-refractivity contribution in [3.8, 4) is 0 Å². The molecule has 0 atom stereocenters. The molecule has 1 aliphatic heterocycles. The largest absolute Gasteiger partial charge is 0.326 e. The van der Waals surface area contributed by atoms with Crippen molar-refractivity contribution >= 4 is 28.8 Å². The van der Waals surface area contributed by atoms with Gasteiger partial charge in [-0.1, -0.05) is 12.1 Å². The fraction of sp³-hybridized carbons (Fsp3) is 0.250. The summed E-state index contributed by atoms with van der Waals surface area (Å²) in [5, 5.41) is 5.77. The number of nitrogens with one attached hydrogen (secondary N) is 2. The summed E-state index contributed by atoms with van der Waals surface area (Å²) in [4.78, 5) is 28.0. The molecule has 0 aliphatic carbocycles. The van der Waals surface area contributed by atoms with E-state index in [1.807, 2.05) is 48.0 Å². The molecule has 0 saturated heterocycles. The lowest BCUT2D eigenvalue weighted by Gasteiger charge is -2.07. The van der Waals surface area contributed by atoms with Crippen LogP contribution in [0.25, 0.3) is 5.65 Å². The predicted octanol–water partition coefficient (Wildman–Crippen LogP) is 3.10. The van der Waals surface area contributed by atoms with Crippen molar-refractivity contribution < 1.29 is 9.59 Å². The van der Waals surface area contributed by atoms with Crippen LogP contribution >= 0.6 is 0 Å². The SMILES string of the molecule is Cc1cn2cc(NC(=O)CCCc3ccc4c(c3)CC(=O)N4)ccc2n1. The maximum atomic E-state index is 12.2. The fourth-order valence-corrected chi connectivity index (χ4v) is 3.31. The molecule has 6 heteroatoms. The Bertz CT molecular complexity index is 1010. The molecule has 2 aromatic heterocycles. The van der Waals surface area contributed by atoms with Crippen molar-refractivity contribution in [2.75, 3.05) is 10.6 Å². The fourth-order valence-electron chi connectivity index (χ4n) is 3.31. The first-order chi connectivity index (χ1) is 12.6. The van der Waals surface area contributed by atoms with E-state index in [9.17, 15) is 9.59 Å². The Morgan fingerprint density at radius 1 is 1.27 bits per heavy atom. The number of fused-ring (bicyclic) bond motifs is 2. The van der Waals surface area contributed by atoms with E-state index >= 15 is 0 Å². The number of nitrogens with zero attached hydrogens (tertiary/aromatic N) is 2. The Balaban J connectivity index is 1.31. The van der Waals surface area contributed by atoms with Crippen LogP contribution in [-0.2, 0) is 22.4 Å². The standard InChI is InChI=1S/C20H20N4O2/c1-13-11-24-12-16(6-8-18(24)21-13)22-19(25)4-2-3-14-5-7-17-15(9-14)10-20(26)23-17/h5-9,11-12H,2-4,10H2,1H3,(H,22,25)(H,23,26). The van der Waals surface area contributed by atoms with E-state index in [0.717, 1.165) is 46.7 Å². The first kappa shape index (κ1) is 16.3. The first-order valence-corrected chi connectivity index (χ1v) is 8.74. The van der Waals surface area contributed by atoms with Gasteiger partial charge in [0, 0.05) is 24.5 Å². The average molecular weight is 348 g/mol. The number of aryl methyl sites for hydroxylation is 2. The number of imidazole rings is 1. The Kier molecular flexibility index (Phi) is 4.16. The molecule has 0 fully saturated rings. The third-order valence-electron chi connectivity index (χ3n) is 4.52. The number of rotatable bonds is 5. The lowest BCUT2D eigenvalue weighted by Crippen LogP contribution is -2.12. The summed E-state index contributed by atoms with van der Waals surface area (Å²) in [6.07, 6.45) is 6.28. The molecule has 2 N–H and O–H groups in total. The van der Waals surface area contributed by atoms with Gasteiger partial charge in [0.1, 0.15) is 5.65 Å². The lowest BCUT2D eigenvalue weighted by molar-refractivity contribution is -0.116. The second kappa shape index (κ2) is 6.63. The molecule has 0 unspecified atom stereocenters. The van der Waals surface area contributed by atoms with Gasteiger partial charge in [0.05, 0.1) is 17.8 Å². The predicted molar refractivity (Wildman–Crippen MR) is 100 cm³/mol. The van der Waals surface area contributed by atoms with Gasteiger partial charge in [-0.25, -0.2) is 4.98 Å². The van der Waals surface area contributed by atoms with E-state index in [4.69, 9.17) is 0 Å². The van der Waals surface area contributed by atoms with E-state index in [2.05, 4.69) is 21.7 Å². The van der Waals surface area contributed by atoms with Crippen molar-refractivity contribution in [1.29, 1.82) is 0 Å². The summed E-state index contributed by atoms with van der Waals surface area (Å²) in [7, 11) is 0. The minimum Gasteiger partial charge on any atom is -0.326 e. The third kappa shape index (κ3) is 3.44. The highest BCUT2D eigenvalue weighted by molar-refractivity contribution is 5.99. The second-order valence-corrected chi connectivity index (χ2v) is 6.68. The van der Waals surface area contributed by atoms with Gasteiger partial charge >= 0.3 is 0 Å². The van der Waals surface area contributed by atoms with E-state index in [1.165, 1.54) is 0 Å². The molecule has 132 valence electrons. The van der Waals surface area contributed by atoms with Crippen LogP contribution in [0.1, 0.15) is 29.7 Å². The van der Waals surface area contributed by atoms with Crippen molar-refractivity contribution in [1.82, 2.24) is 9.38 Å². The van der Waals surface area contributed by atoms with E-state index in [-0.39, 0.29) is 11.8 Å². The Morgan fingerprint density at radius 3 is 3.04 bits per heavy atom. The highest BCUT2D eigenvalue weighted by atomic mass is 16.2. The number of carbonyl (C=O) groups is 2. The summed E-state index contributed by atoms with van der Waals surface area (Å²) in [5.41, 5.74) is 5.68. The summed E-state index contributed by atoms with van der Waals surface area (Å²) in [5.74, 6) is 0.0424. The second-order valence-electron chi connectivity index (χ2n) is 6.68. The van der Waals surface area contributed by atoms with Crippen LogP contribution in [0.2, 0.25) is 0 Å². The number of amides is 2. The highest BCUT2D eigenvalue weighted by Crippen LogP contribution is 2.24. The van der Waals surface area contributed by atoms with Crippen LogP contribution in [0.3, 0.4) is 0 Å². The number of anilines is 2. The van der Waals surface area contributed by atoms with Crippen molar-refractivity contribution in [2.24, 2.45) is 0 Å². The van der Waals surface area contributed by atoms with Crippen LogP contribution < -0.4 is 10.6 Å². The van der Waals surface area contributed by atoms with Crippen LogP contribution in [0.15, 0.2) is 42.7 Å². The van der Waals surface area contributed by atoms with Crippen LogP contribution in [0.5, 0.6) is 0 Å². The monoisotopic (exact) mass is 348 g/mol. The van der Waals surface area contributed by atoms with Gasteiger partial charge in [-0.2, -0.15) is 0 Å². The van der Waals surface area contributed by atoms with Gasteiger partial charge in [-0.15, -0.1) is 0 Å². The molecule has 2 amide bonds. The molecule has 6 nitrogen and oxygen atoms in total. The molecule has 1 aromatic carbocycles. The van der Waals surface area contributed by atoms with Crippen LogP contribution in [-0.4, -0.2) is 21.2 Å². The van der Waals surface area contributed by atoms with Gasteiger partial charge in [-0.3, -0.25) is 9.59 Å². The number of aromatic nitrogens is 2. The highest BCUT2D eigenvalue weighted by Gasteiger charge is 2.17. The lowest BCUT2D eigenvalue weighted by atomic mass is 10.0. The molecule has 1 aliphatic rings. The number of pyridine rings is 1. The topological polar surface area (TPSA) is 75.5 Å². The van der Waals surface area contributed by atoms with E-state index in [0.29, 0.717) is 12.8 Å². The number of carbonyl (C=O) groups excluding carboxylic acids is 2. The third-order valence-corrected chi connectivity index (χ3v) is 4.52. The normalized spacial score (nSPS) is 12.9. The minimum atomic E-state index is -0.000748. The van der Waals surface area contributed by atoms with Gasteiger partial charge in [-0.05, 0) is 49.1 Å². The van der Waals surface area contributed by atoms with Gasteiger partial charge in [0.15, 0.2) is 0 Å². The zero-order chi connectivity index (χ0) is 18.1. The number of benzene rings is 1. The molecule has 4 rings (SSSR count). The Morgan fingerprint density at radius 2 is 2.15 bits per heavy atom. The smallest absolute Gasteiger partial charge is 0.228 e. The average Bonchev–Trinajstić information content (AvgIpc) is 3.14. The summed E-state index contributed by atoms with van der Waals surface area (Å²) < 4.78 is 1.91. The van der Waals surface area contributed by atoms with Gasteiger partial charge in [0.25, 0.3) is 0 Å². The summed E-state index contributed by atoms with van der Waals surface area (Å²) >= 11 is 0. The molecule has 26 heavy (non-hydrogen) atoms. The minimum absolute atomic E-state index is 0.000748. The summed E-state index contributed by atoms with van der Waals surface area (Å²) in [6, 6.07) is 9.77. The molecular formula is C20H20N4O2. The number of hydrogen-bond donors (Lipinski definition) is 2. The summed E-state index contributed by atoms with van der Waals surface area (Å²) in [6.45, 7) is 1.94. The maximum Gasteiger partial charge on any atom is 0.228 e. The van der Waals surface area contributed by atoms with E-state index < -0.39 is 0 Å². The van der Waals surface area contributed by atoms with Crippen molar-refractivity contribution in [3.63, 3.8) is 0 Å². The molecule has 0 radical (unpaired) electrons. The molecule has 3 heterocycles. The zero-order valence-electron chi connectivity index (χ0n) is 14.6. The molecular weight excluding hydrogens is 328 g/mol. The van der Waals surface area contributed by atoms with Crippen LogP contribution in [0, 0.1) is 6.92 Å². The molecule has 3 aromatic rings. The zero-order valence-corrected chi connectivity index (χ0v) is 14.6. The van der Waals surface area contributed by atoms with Crippen molar-refractivity contribution in [2.45, 2.75) is 32.6 Å². The molecule has 0 saturated carbocycles. The van der Waals surface area contributed by atoms with Gasteiger partial charge < -0.3 is 15.0 Å². The van der Waals surface area contributed by atoms with E-state index in [1.54, 1.807) is 0 Å². The molecule has 0 bridgehead atoms. The molecule has 0 spiro atoms. The Labute approximate surface area is 151 Å². The van der Waals surface area contributed by atoms with Gasteiger partial charge in [0.2, 0.25) is 11.8 Å². The maximum absolute atomic E-state index is 12.2. The quantitative estimate of drug-likeness (QED) is 0.744.